The van der Waals surface area contributed by atoms with Crippen molar-refractivity contribution in [3.05, 3.63) is 48.6 Å². The fraction of sp³-hybridized carbons (Fsp3) is 0.438. The number of Topliss-reactive ketones (excluding diaryl/α,β-unsaturated/α-hetero) is 1. The normalized spacial score (nSPS) is 7.22. The molecule has 0 fully saturated rings. The number of carbonyl (C=O) groups excluding carboxylic acids is 1. The highest BCUT2D eigenvalue weighted by Crippen LogP contribution is 2.00. The molecule has 0 unspecified atom stereocenters. The quantitative estimate of drug-likeness (QED) is 0.825. The Morgan fingerprint density at radius 1 is 1.22 bits per heavy atom. The minimum atomic E-state index is 0.302. The van der Waals surface area contributed by atoms with Gasteiger partial charge in [0.2, 0.25) is 0 Å². The summed E-state index contributed by atoms with van der Waals surface area (Å²) < 4.78 is 0. The number of hydrogen-bond donors (Lipinski definition) is 1. The first-order valence-corrected chi connectivity index (χ1v) is 6.45. The summed E-state index contributed by atoms with van der Waals surface area (Å²) in [5, 5.41) is 0. The van der Waals surface area contributed by atoms with E-state index in [4.69, 9.17) is 0 Å². The molecular formula is C16H29NO. The molecule has 2 N–H and O–H groups in total. The summed E-state index contributed by atoms with van der Waals surface area (Å²) in [6.45, 7) is 11.1. The molecule has 1 rings (SSSR count). The van der Waals surface area contributed by atoms with Gasteiger partial charge in [0.1, 0.15) is 5.78 Å². The van der Waals surface area contributed by atoms with Crippen molar-refractivity contribution in [2.45, 2.75) is 40.5 Å². The first kappa shape index (κ1) is 21.8. The van der Waals surface area contributed by atoms with Gasteiger partial charge >= 0.3 is 0 Å². The second-order valence-electron chi connectivity index (χ2n) is 2.96. The van der Waals surface area contributed by atoms with E-state index in [9.17, 15) is 4.79 Å². The van der Waals surface area contributed by atoms with E-state index in [2.05, 4.69) is 12.3 Å². The molecule has 0 aliphatic rings. The Morgan fingerprint density at radius 2 is 1.61 bits per heavy atom. The molecule has 0 aliphatic carbocycles. The Kier molecular flexibility index (Phi) is 25.4. The van der Waals surface area contributed by atoms with Gasteiger partial charge in [0.15, 0.2) is 0 Å². The van der Waals surface area contributed by atoms with Crippen LogP contribution in [0.15, 0.2) is 43.0 Å². The predicted octanol–water partition coefficient (Wildman–Crippen LogP) is 4.00. The van der Waals surface area contributed by atoms with Crippen LogP contribution in [0.3, 0.4) is 0 Å². The van der Waals surface area contributed by atoms with Crippen molar-refractivity contribution in [2.24, 2.45) is 5.73 Å². The van der Waals surface area contributed by atoms with Crippen LogP contribution in [0, 0.1) is 0 Å². The van der Waals surface area contributed by atoms with Gasteiger partial charge < -0.3 is 5.73 Å². The maximum atomic E-state index is 11.0. The average molecular weight is 251 g/mol. The van der Waals surface area contributed by atoms with Gasteiger partial charge in [0.05, 0.1) is 0 Å². The van der Waals surface area contributed by atoms with Crippen LogP contribution in [0.5, 0.6) is 0 Å². The van der Waals surface area contributed by atoms with Crippen molar-refractivity contribution in [3.63, 3.8) is 0 Å². The lowest BCUT2D eigenvalue weighted by Crippen LogP contribution is -1.99. The first-order valence-electron chi connectivity index (χ1n) is 6.45. The largest absolute Gasteiger partial charge is 0.333 e. The fourth-order valence-electron chi connectivity index (χ4n) is 0.949. The highest BCUT2D eigenvalue weighted by Gasteiger charge is 1.98. The van der Waals surface area contributed by atoms with Gasteiger partial charge in [-0.2, -0.15) is 0 Å². The molecule has 0 amide bonds. The summed E-state index contributed by atoms with van der Waals surface area (Å²) in [6, 6.07) is 9.83. The van der Waals surface area contributed by atoms with Crippen molar-refractivity contribution >= 4 is 5.78 Å². The van der Waals surface area contributed by atoms with Crippen molar-refractivity contribution in [3.8, 4) is 0 Å². The number of benzene rings is 1. The zero-order valence-corrected chi connectivity index (χ0v) is 12.6. The fourth-order valence-corrected chi connectivity index (χ4v) is 0.949. The Bertz CT molecular complexity index is 268. The van der Waals surface area contributed by atoms with Gasteiger partial charge in [0, 0.05) is 12.8 Å². The van der Waals surface area contributed by atoms with Crippen molar-refractivity contribution in [2.75, 3.05) is 7.05 Å². The summed E-state index contributed by atoms with van der Waals surface area (Å²) >= 11 is 0. The second-order valence-corrected chi connectivity index (χ2v) is 2.96. The zero-order valence-electron chi connectivity index (χ0n) is 12.6. The van der Waals surface area contributed by atoms with E-state index >= 15 is 0 Å². The predicted molar refractivity (Wildman–Crippen MR) is 82.8 cm³/mol. The molecule has 0 bridgehead atoms. The van der Waals surface area contributed by atoms with Crippen LogP contribution in [0.4, 0.5) is 0 Å². The van der Waals surface area contributed by atoms with Crippen LogP contribution in [0.2, 0.25) is 0 Å². The van der Waals surface area contributed by atoms with Crippen LogP contribution in [0.1, 0.15) is 39.7 Å². The van der Waals surface area contributed by atoms with E-state index in [0.717, 1.165) is 5.56 Å². The van der Waals surface area contributed by atoms with Crippen LogP contribution >= 0.6 is 0 Å². The standard InChI is InChI=1S/C10H12O.C3H6.C2H6.CH5N/c1-2-10(11)8-9-6-4-3-5-7-9;1-3-2;2*1-2/h3-7H,2,8H2,1H3;3H,1H2,2H3;1-2H3;2H2,1H3. The molecule has 104 valence electrons. The SMILES string of the molecule is C=CC.CC.CCC(=O)Cc1ccccc1.CN. The lowest BCUT2D eigenvalue weighted by atomic mass is 10.1. The van der Waals surface area contributed by atoms with Gasteiger partial charge in [0.25, 0.3) is 0 Å². The van der Waals surface area contributed by atoms with Crippen LogP contribution in [-0.4, -0.2) is 12.8 Å². The highest BCUT2D eigenvalue weighted by atomic mass is 16.1. The van der Waals surface area contributed by atoms with E-state index in [0.29, 0.717) is 18.6 Å². The monoisotopic (exact) mass is 251 g/mol. The Labute approximate surface area is 113 Å². The maximum Gasteiger partial charge on any atom is 0.136 e. The average Bonchev–Trinajstić information content (AvgIpc) is 2.45. The molecule has 18 heavy (non-hydrogen) atoms. The maximum absolute atomic E-state index is 11.0. The van der Waals surface area contributed by atoms with E-state index in [1.54, 1.807) is 6.08 Å². The zero-order chi connectivity index (χ0) is 14.8. The number of carbonyl (C=O) groups is 1. The summed E-state index contributed by atoms with van der Waals surface area (Å²) in [7, 11) is 1.50. The summed E-state index contributed by atoms with van der Waals surface area (Å²) in [6.07, 6.45) is 2.96. The number of hydrogen-bond acceptors (Lipinski definition) is 2. The van der Waals surface area contributed by atoms with Crippen molar-refractivity contribution in [1.82, 2.24) is 0 Å². The van der Waals surface area contributed by atoms with Gasteiger partial charge in [-0.15, -0.1) is 6.58 Å². The molecule has 2 nitrogen and oxygen atoms in total. The molecule has 0 saturated heterocycles. The Hall–Kier alpha value is -1.41. The van der Waals surface area contributed by atoms with E-state index in [1.807, 2.05) is 58.0 Å². The third-order valence-corrected chi connectivity index (χ3v) is 1.64. The molecule has 0 radical (unpaired) electrons. The molecule has 0 heterocycles. The van der Waals surface area contributed by atoms with Crippen molar-refractivity contribution in [1.29, 1.82) is 0 Å². The molecule has 1 aromatic rings. The van der Waals surface area contributed by atoms with Crippen molar-refractivity contribution < 1.29 is 4.79 Å². The van der Waals surface area contributed by atoms with E-state index < -0.39 is 0 Å². The first-order chi connectivity index (χ1) is 8.74. The van der Waals surface area contributed by atoms with Crippen LogP contribution < -0.4 is 5.73 Å². The Morgan fingerprint density at radius 3 is 1.94 bits per heavy atom. The molecule has 0 aliphatic heterocycles. The molecule has 1 aromatic carbocycles. The molecule has 0 aromatic heterocycles. The minimum absolute atomic E-state index is 0.302. The summed E-state index contributed by atoms with van der Waals surface area (Å²) in [5.41, 5.74) is 5.61. The lowest BCUT2D eigenvalue weighted by Gasteiger charge is -1.96. The highest BCUT2D eigenvalue weighted by molar-refractivity contribution is 5.80. The number of rotatable bonds is 3. The smallest absolute Gasteiger partial charge is 0.136 e. The molecular weight excluding hydrogens is 222 g/mol. The molecule has 0 spiro atoms. The molecule has 0 saturated carbocycles. The summed E-state index contributed by atoms with van der Waals surface area (Å²) in [4.78, 5) is 11.0. The molecule has 0 atom stereocenters. The minimum Gasteiger partial charge on any atom is -0.333 e. The van der Waals surface area contributed by atoms with Crippen LogP contribution in [-0.2, 0) is 11.2 Å². The third kappa shape index (κ3) is 17.0. The van der Waals surface area contributed by atoms with Crippen LogP contribution in [0.25, 0.3) is 0 Å². The van der Waals surface area contributed by atoms with E-state index in [-0.39, 0.29) is 0 Å². The Balaban J connectivity index is -0.000000274. The number of ketones is 1. The molecule has 2 heteroatoms. The number of nitrogens with two attached hydrogens (primary N) is 1. The lowest BCUT2D eigenvalue weighted by molar-refractivity contribution is -0.118. The number of allylic oxidation sites excluding steroid dienone is 1. The third-order valence-electron chi connectivity index (χ3n) is 1.64. The second kappa shape index (κ2) is 20.9. The van der Waals surface area contributed by atoms with E-state index in [1.165, 1.54) is 7.05 Å². The van der Waals surface area contributed by atoms with Gasteiger partial charge in [-0.25, -0.2) is 0 Å². The van der Waals surface area contributed by atoms with Gasteiger partial charge in [-0.3, -0.25) is 4.79 Å². The summed E-state index contributed by atoms with van der Waals surface area (Å²) in [5.74, 6) is 0.302. The van der Waals surface area contributed by atoms with Gasteiger partial charge in [-0.05, 0) is 19.5 Å². The topological polar surface area (TPSA) is 43.1 Å². The van der Waals surface area contributed by atoms with Gasteiger partial charge in [-0.1, -0.05) is 57.2 Å².